The molecule has 4 nitrogen and oxygen atoms in total. The average Bonchev–Trinajstić information content (AvgIpc) is 3.21. The molecule has 0 aliphatic carbocycles. The number of nitrogen functional groups attached to an aromatic ring is 1. The first-order chi connectivity index (χ1) is 11.1. The van der Waals surface area contributed by atoms with Gasteiger partial charge in [0.25, 0.3) is 0 Å². The maximum Gasteiger partial charge on any atom is 0.133 e. The predicted molar refractivity (Wildman–Crippen MR) is 107 cm³/mol. The van der Waals surface area contributed by atoms with Gasteiger partial charge in [-0.3, -0.25) is 5.41 Å². The number of hydrogen-bond donors (Lipinski definition) is 2. The maximum absolute atomic E-state index is 7.78. The molecule has 0 amide bonds. The van der Waals surface area contributed by atoms with Crippen LogP contribution in [0, 0.1) is 5.41 Å². The lowest BCUT2D eigenvalue weighted by molar-refractivity contribution is 0.416. The summed E-state index contributed by atoms with van der Waals surface area (Å²) in [6.07, 6.45) is 2.02. The summed E-state index contributed by atoms with van der Waals surface area (Å²) in [5.74, 6) is 0.880. The standard InChI is InChI=1S/C16H15N3OS3.ClH/c1-20-12-6-4-3-5-9(12)11-8-22-16(19-11)10-7-13(21-2)23-14(10)15(17)18;/h3-8H,1-2H3,(H3,17,18);1H. The summed E-state index contributed by atoms with van der Waals surface area (Å²) in [6.45, 7) is 0. The number of ether oxygens (including phenoxy) is 1. The van der Waals surface area contributed by atoms with E-state index >= 15 is 0 Å². The molecule has 0 unspecified atom stereocenters. The molecule has 3 rings (SSSR count). The molecule has 24 heavy (non-hydrogen) atoms. The van der Waals surface area contributed by atoms with E-state index in [4.69, 9.17) is 20.9 Å². The van der Waals surface area contributed by atoms with Crippen LogP contribution in [0.25, 0.3) is 21.8 Å². The van der Waals surface area contributed by atoms with Gasteiger partial charge in [0.15, 0.2) is 0 Å². The van der Waals surface area contributed by atoms with Gasteiger partial charge in [0.1, 0.15) is 16.6 Å². The number of thiazole rings is 1. The van der Waals surface area contributed by atoms with Gasteiger partial charge in [0, 0.05) is 16.5 Å². The van der Waals surface area contributed by atoms with Crippen molar-refractivity contribution in [2.24, 2.45) is 5.73 Å². The first-order valence-corrected chi connectivity index (χ1v) is 9.67. The lowest BCUT2D eigenvalue weighted by Gasteiger charge is -2.04. The summed E-state index contributed by atoms with van der Waals surface area (Å²) < 4.78 is 6.53. The second-order valence-corrected chi connectivity index (χ2v) is 7.68. The van der Waals surface area contributed by atoms with Crippen molar-refractivity contribution in [2.75, 3.05) is 13.4 Å². The van der Waals surface area contributed by atoms with E-state index in [0.29, 0.717) is 0 Å². The number of rotatable bonds is 5. The average molecular weight is 398 g/mol. The third-order valence-electron chi connectivity index (χ3n) is 3.27. The highest BCUT2D eigenvalue weighted by molar-refractivity contribution is 8.00. The van der Waals surface area contributed by atoms with Gasteiger partial charge in [-0.1, -0.05) is 12.1 Å². The van der Waals surface area contributed by atoms with Gasteiger partial charge in [-0.05, 0) is 24.5 Å². The van der Waals surface area contributed by atoms with Crippen LogP contribution in [0.2, 0.25) is 0 Å². The minimum absolute atomic E-state index is 0. The monoisotopic (exact) mass is 397 g/mol. The van der Waals surface area contributed by atoms with E-state index in [2.05, 4.69) is 6.07 Å². The van der Waals surface area contributed by atoms with E-state index in [-0.39, 0.29) is 18.2 Å². The second-order valence-electron chi connectivity index (χ2n) is 4.66. The Morgan fingerprint density at radius 3 is 2.71 bits per heavy atom. The molecular formula is C16H16ClN3OS3. The zero-order chi connectivity index (χ0) is 16.4. The molecule has 0 aliphatic rings. The van der Waals surface area contributed by atoms with Gasteiger partial charge in [-0.2, -0.15) is 0 Å². The summed E-state index contributed by atoms with van der Waals surface area (Å²) in [5.41, 5.74) is 8.48. The number of benzene rings is 1. The molecule has 0 saturated heterocycles. The molecule has 0 atom stereocenters. The molecule has 1 aromatic carbocycles. The fourth-order valence-corrected chi connectivity index (χ4v) is 4.68. The highest BCUT2D eigenvalue weighted by Gasteiger charge is 2.17. The highest BCUT2D eigenvalue weighted by Crippen LogP contribution is 2.39. The van der Waals surface area contributed by atoms with E-state index in [9.17, 15) is 0 Å². The molecule has 2 aromatic heterocycles. The van der Waals surface area contributed by atoms with Crippen LogP contribution in [0.5, 0.6) is 5.75 Å². The molecule has 0 saturated carbocycles. The number of nitrogens with two attached hydrogens (primary N) is 1. The summed E-state index contributed by atoms with van der Waals surface area (Å²) in [7, 11) is 1.66. The van der Waals surface area contributed by atoms with Gasteiger partial charge in [0.2, 0.25) is 0 Å². The van der Waals surface area contributed by atoms with E-state index in [1.807, 2.05) is 35.9 Å². The predicted octanol–water partition coefficient (Wildman–Crippen LogP) is 4.97. The molecular weight excluding hydrogens is 382 g/mol. The number of nitrogens with zero attached hydrogens (tertiary/aromatic N) is 1. The Kier molecular flexibility index (Phi) is 6.28. The third-order valence-corrected chi connectivity index (χ3v) is 6.38. The van der Waals surface area contributed by atoms with Crippen molar-refractivity contribution in [1.82, 2.24) is 4.98 Å². The number of thioether (sulfide) groups is 1. The fraction of sp³-hybridized carbons (Fsp3) is 0.125. The number of aromatic nitrogens is 1. The smallest absolute Gasteiger partial charge is 0.133 e. The lowest BCUT2D eigenvalue weighted by atomic mass is 10.1. The molecule has 2 heterocycles. The van der Waals surface area contributed by atoms with Gasteiger partial charge >= 0.3 is 0 Å². The summed E-state index contributed by atoms with van der Waals surface area (Å²) in [5, 5.41) is 10.7. The number of nitrogens with one attached hydrogen (secondary N) is 1. The molecule has 0 radical (unpaired) electrons. The molecule has 3 N–H and O–H groups in total. The zero-order valence-corrected chi connectivity index (χ0v) is 16.3. The first kappa shape index (κ1) is 18.8. The van der Waals surface area contributed by atoms with Crippen molar-refractivity contribution in [2.45, 2.75) is 4.21 Å². The van der Waals surface area contributed by atoms with E-state index in [1.165, 1.54) is 11.3 Å². The molecule has 0 aliphatic heterocycles. The molecule has 0 bridgehead atoms. The van der Waals surface area contributed by atoms with Crippen LogP contribution >= 0.6 is 46.8 Å². The SMILES string of the molecule is COc1ccccc1-c1csc(-c2cc(SC)sc2C(=N)N)n1.Cl. The molecule has 126 valence electrons. The van der Waals surface area contributed by atoms with Gasteiger partial charge in [0.05, 0.1) is 21.9 Å². The number of hydrogen-bond acceptors (Lipinski definition) is 6. The van der Waals surface area contributed by atoms with Crippen LogP contribution in [0.15, 0.2) is 39.9 Å². The Morgan fingerprint density at radius 2 is 2.04 bits per heavy atom. The second kappa shape index (κ2) is 8.02. The van der Waals surface area contributed by atoms with Crippen LogP contribution < -0.4 is 10.5 Å². The Hall–Kier alpha value is -1.54. The highest BCUT2D eigenvalue weighted by atomic mass is 35.5. The first-order valence-electron chi connectivity index (χ1n) is 6.75. The van der Waals surface area contributed by atoms with E-state index < -0.39 is 0 Å². The molecule has 8 heteroatoms. The minimum atomic E-state index is 0. The molecule has 3 aromatic rings. The largest absolute Gasteiger partial charge is 0.496 e. The van der Waals surface area contributed by atoms with Gasteiger partial charge in [-0.25, -0.2) is 4.98 Å². The Balaban J connectivity index is 0.00000208. The van der Waals surface area contributed by atoms with Crippen molar-refractivity contribution in [3.05, 3.63) is 40.6 Å². The van der Waals surface area contributed by atoms with Crippen molar-refractivity contribution >= 4 is 52.7 Å². The Labute approximate surface area is 159 Å². The number of thiophene rings is 1. The van der Waals surface area contributed by atoms with Gasteiger partial charge < -0.3 is 10.5 Å². The number of methoxy groups -OCH3 is 1. The maximum atomic E-state index is 7.78. The Morgan fingerprint density at radius 1 is 1.29 bits per heavy atom. The summed E-state index contributed by atoms with van der Waals surface area (Å²) in [4.78, 5) is 5.51. The summed E-state index contributed by atoms with van der Waals surface area (Å²) >= 11 is 4.73. The Bertz CT molecular complexity index is 860. The van der Waals surface area contributed by atoms with E-state index in [0.717, 1.165) is 36.7 Å². The van der Waals surface area contributed by atoms with Crippen molar-refractivity contribution in [1.29, 1.82) is 5.41 Å². The van der Waals surface area contributed by atoms with Gasteiger partial charge in [-0.15, -0.1) is 46.8 Å². The normalized spacial score (nSPS) is 10.2. The number of halogens is 1. The van der Waals surface area contributed by atoms with Crippen LogP contribution in [0.1, 0.15) is 4.88 Å². The van der Waals surface area contributed by atoms with Crippen LogP contribution in [-0.4, -0.2) is 24.2 Å². The third kappa shape index (κ3) is 3.59. The van der Waals surface area contributed by atoms with E-state index in [1.54, 1.807) is 30.2 Å². The molecule has 0 fully saturated rings. The zero-order valence-electron chi connectivity index (χ0n) is 13.0. The minimum Gasteiger partial charge on any atom is -0.496 e. The van der Waals surface area contributed by atoms with Crippen LogP contribution in [0.4, 0.5) is 0 Å². The number of amidine groups is 1. The lowest BCUT2D eigenvalue weighted by Crippen LogP contribution is -2.09. The molecule has 0 spiro atoms. The van der Waals surface area contributed by atoms with Crippen LogP contribution in [0.3, 0.4) is 0 Å². The number of para-hydroxylation sites is 1. The van der Waals surface area contributed by atoms with Crippen LogP contribution in [-0.2, 0) is 0 Å². The van der Waals surface area contributed by atoms with Crippen molar-refractivity contribution < 1.29 is 4.74 Å². The fourth-order valence-electron chi connectivity index (χ4n) is 2.21. The van der Waals surface area contributed by atoms with Crippen molar-refractivity contribution in [3.8, 4) is 27.6 Å². The quantitative estimate of drug-likeness (QED) is 0.362. The summed E-state index contributed by atoms with van der Waals surface area (Å²) in [6, 6.07) is 9.87. The van der Waals surface area contributed by atoms with Crippen molar-refractivity contribution in [3.63, 3.8) is 0 Å². The topological polar surface area (TPSA) is 72.0 Å².